The Morgan fingerprint density at radius 3 is 2.71 bits per heavy atom. The first-order chi connectivity index (χ1) is 10.1. The van der Waals surface area contributed by atoms with Gasteiger partial charge in [-0.2, -0.15) is 0 Å². The van der Waals surface area contributed by atoms with E-state index in [1.54, 1.807) is 19.2 Å². The molecule has 5 N–H and O–H groups in total. The second-order valence-electron chi connectivity index (χ2n) is 4.56. The molecule has 0 unspecified atom stereocenters. The number of hydrogen-bond donors (Lipinski definition) is 3. The zero-order valence-corrected chi connectivity index (χ0v) is 11.4. The van der Waals surface area contributed by atoms with Gasteiger partial charge in [0, 0.05) is 24.1 Å². The fourth-order valence-corrected chi connectivity index (χ4v) is 2.26. The summed E-state index contributed by atoms with van der Waals surface area (Å²) in [6, 6.07) is 8.77. The van der Waals surface area contributed by atoms with E-state index in [1.807, 2.05) is 18.2 Å². The van der Waals surface area contributed by atoms with Crippen molar-refractivity contribution in [1.82, 2.24) is 19.9 Å². The topological polar surface area (TPSA) is 112 Å². The molecule has 7 heteroatoms. The van der Waals surface area contributed by atoms with E-state index in [1.165, 1.54) is 10.9 Å². The predicted octanol–water partition coefficient (Wildman–Crippen LogP) is 1.45. The number of nitrogens with two attached hydrogens (primary N) is 2. The van der Waals surface area contributed by atoms with Gasteiger partial charge in [0.25, 0.3) is 0 Å². The number of nitrogens with one attached hydrogen (secondary N) is 1. The Morgan fingerprint density at radius 2 is 2.00 bits per heavy atom. The van der Waals surface area contributed by atoms with E-state index in [2.05, 4.69) is 15.3 Å². The Hall–Kier alpha value is -3.09. The number of nitrogens with zero attached hydrogens (tertiary/aromatic N) is 3. The summed E-state index contributed by atoms with van der Waals surface area (Å²) in [4.78, 5) is 19.9. The molecule has 0 saturated heterocycles. The lowest BCUT2D eigenvalue weighted by Gasteiger charge is -2.06. The van der Waals surface area contributed by atoms with Crippen molar-refractivity contribution in [2.75, 3.05) is 18.5 Å². The first kappa shape index (κ1) is 12.9. The number of amides is 1. The van der Waals surface area contributed by atoms with Gasteiger partial charge in [-0.1, -0.05) is 6.07 Å². The van der Waals surface area contributed by atoms with Gasteiger partial charge in [0.15, 0.2) is 0 Å². The molecule has 0 fully saturated rings. The Morgan fingerprint density at radius 1 is 1.19 bits per heavy atom. The highest BCUT2D eigenvalue weighted by atomic mass is 16.2. The molecule has 3 aromatic rings. The van der Waals surface area contributed by atoms with Crippen molar-refractivity contribution in [3.8, 4) is 11.3 Å². The number of carbonyl (C=O) groups is 1. The Labute approximate surface area is 120 Å². The third kappa shape index (κ3) is 2.14. The van der Waals surface area contributed by atoms with Crippen molar-refractivity contribution < 1.29 is 4.79 Å². The molecule has 1 aromatic carbocycles. The molecule has 3 rings (SSSR count). The largest absolute Gasteiger partial charge is 0.385 e. The molecule has 106 valence electrons. The summed E-state index contributed by atoms with van der Waals surface area (Å²) in [6.45, 7) is 0. The predicted molar refractivity (Wildman–Crippen MR) is 81.6 cm³/mol. The van der Waals surface area contributed by atoms with E-state index in [9.17, 15) is 4.79 Å². The van der Waals surface area contributed by atoms with Gasteiger partial charge >= 0.3 is 6.03 Å². The van der Waals surface area contributed by atoms with Crippen LogP contribution in [0.15, 0.2) is 36.7 Å². The fourth-order valence-electron chi connectivity index (χ4n) is 2.26. The van der Waals surface area contributed by atoms with Crippen LogP contribution in [0.25, 0.3) is 22.2 Å². The molecule has 7 nitrogen and oxygen atoms in total. The molecule has 21 heavy (non-hydrogen) atoms. The van der Waals surface area contributed by atoms with E-state index in [0.717, 1.165) is 22.2 Å². The molecule has 0 aliphatic heterocycles. The monoisotopic (exact) mass is 282 g/mol. The van der Waals surface area contributed by atoms with Crippen LogP contribution in [0.3, 0.4) is 0 Å². The molecule has 0 aliphatic carbocycles. The van der Waals surface area contributed by atoms with Crippen LogP contribution in [-0.2, 0) is 0 Å². The van der Waals surface area contributed by atoms with E-state index in [4.69, 9.17) is 11.5 Å². The van der Waals surface area contributed by atoms with E-state index < -0.39 is 0 Å². The summed E-state index contributed by atoms with van der Waals surface area (Å²) in [6.07, 6.45) is 1.42. The van der Waals surface area contributed by atoms with E-state index in [0.29, 0.717) is 11.6 Å². The van der Waals surface area contributed by atoms with Crippen LogP contribution in [0.2, 0.25) is 0 Å². The van der Waals surface area contributed by atoms with Crippen molar-refractivity contribution in [2.45, 2.75) is 0 Å². The van der Waals surface area contributed by atoms with Crippen LogP contribution in [0, 0.1) is 0 Å². The SMILES string of the molecule is CNC(=O)n1c(N)cc2cc(-c3cc(N)ncn3)ccc21. The van der Waals surface area contributed by atoms with Crippen molar-refractivity contribution in [3.63, 3.8) is 0 Å². The average Bonchev–Trinajstić information content (AvgIpc) is 2.81. The lowest BCUT2D eigenvalue weighted by atomic mass is 10.1. The first-order valence-electron chi connectivity index (χ1n) is 6.31. The molecule has 1 amide bonds. The number of fused-ring (bicyclic) bond motifs is 1. The lowest BCUT2D eigenvalue weighted by Crippen LogP contribution is -2.25. The maximum atomic E-state index is 11.8. The van der Waals surface area contributed by atoms with E-state index >= 15 is 0 Å². The Kier molecular flexibility index (Phi) is 2.94. The summed E-state index contributed by atoms with van der Waals surface area (Å²) >= 11 is 0. The second-order valence-corrected chi connectivity index (χ2v) is 4.56. The summed E-state index contributed by atoms with van der Waals surface area (Å²) in [5, 5.41) is 3.41. The molecule has 2 heterocycles. The van der Waals surface area contributed by atoms with Gasteiger partial charge in [-0.3, -0.25) is 0 Å². The quantitative estimate of drug-likeness (QED) is 0.625. The molecular weight excluding hydrogens is 268 g/mol. The number of benzene rings is 1. The number of carbonyl (C=O) groups excluding carboxylic acids is 1. The smallest absolute Gasteiger partial charge is 0.327 e. The highest BCUT2D eigenvalue weighted by molar-refractivity contribution is 5.97. The zero-order chi connectivity index (χ0) is 15.0. The molecule has 0 saturated carbocycles. The summed E-state index contributed by atoms with van der Waals surface area (Å²) in [5.74, 6) is 0.784. The van der Waals surface area contributed by atoms with Crippen LogP contribution in [-0.4, -0.2) is 27.6 Å². The summed E-state index contributed by atoms with van der Waals surface area (Å²) in [7, 11) is 1.56. The minimum atomic E-state index is -0.276. The lowest BCUT2D eigenvalue weighted by molar-refractivity contribution is 0.245. The molecule has 0 radical (unpaired) electrons. The Balaban J connectivity index is 2.16. The summed E-state index contributed by atoms with van der Waals surface area (Å²) < 4.78 is 1.42. The minimum absolute atomic E-state index is 0.276. The third-order valence-corrected chi connectivity index (χ3v) is 3.23. The Bertz CT molecular complexity index is 839. The minimum Gasteiger partial charge on any atom is -0.385 e. The number of rotatable bonds is 1. The fraction of sp³-hybridized carbons (Fsp3) is 0.0714. The molecule has 0 bridgehead atoms. The maximum absolute atomic E-state index is 11.8. The number of hydrogen-bond acceptors (Lipinski definition) is 5. The molecule has 0 spiro atoms. The standard InChI is InChI=1S/C14H14N6O/c1-17-14(21)20-11-3-2-8(4-9(11)5-13(20)16)10-6-12(15)19-7-18-10/h2-7H,16H2,1H3,(H,17,21)(H2,15,18,19). The van der Waals surface area contributed by atoms with Crippen LogP contribution >= 0.6 is 0 Å². The van der Waals surface area contributed by atoms with Gasteiger partial charge in [0.05, 0.1) is 11.2 Å². The van der Waals surface area contributed by atoms with Gasteiger partial charge in [-0.15, -0.1) is 0 Å². The zero-order valence-electron chi connectivity index (χ0n) is 11.4. The third-order valence-electron chi connectivity index (χ3n) is 3.23. The molecule has 0 aliphatic rings. The number of anilines is 2. The van der Waals surface area contributed by atoms with Gasteiger partial charge in [-0.25, -0.2) is 19.3 Å². The van der Waals surface area contributed by atoms with Crippen molar-refractivity contribution in [3.05, 3.63) is 36.7 Å². The average molecular weight is 282 g/mol. The highest BCUT2D eigenvalue weighted by Gasteiger charge is 2.13. The van der Waals surface area contributed by atoms with Crippen LogP contribution < -0.4 is 16.8 Å². The van der Waals surface area contributed by atoms with Gasteiger partial charge in [-0.05, 0) is 18.2 Å². The van der Waals surface area contributed by atoms with Crippen LogP contribution in [0.4, 0.5) is 16.4 Å². The summed E-state index contributed by atoms with van der Waals surface area (Å²) in [5.41, 5.74) is 13.9. The van der Waals surface area contributed by atoms with Gasteiger partial charge in [0.1, 0.15) is 18.0 Å². The van der Waals surface area contributed by atoms with Crippen molar-refractivity contribution in [1.29, 1.82) is 0 Å². The molecule has 0 atom stereocenters. The van der Waals surface area contributed by atoms with Crippen LogP contribution in [0.1, 0.15) is 0 Å². The van der Waals surface area contributed by atoms with Crippen molar-refractivity contribution >= 4 is 28.6 Å². The molecule has 2 aromatic heterocycles. The maximum Gasteiger partial charge on any atom is 0.327 e. The van der Waals surface area contributed by atoms with Crippen LogP contribution in [0.5, 0.6) is 0 Å². The normalized spacial score (nSPS) is 10.7. The van der Waals surface area contributed by atoms with Gasteiger partial charge < -0.3 is 16.8 Å². The number of nitrogen functional groups attached to an aromatic ring is 2. The second kappa shape index (κ2) is 4.78. The highest BCUT2D eigenvalue weighted by Crippen LogP contribution is 2.27. The first-order valence-corrected chi connectivity index (χ1v) is 6.31. The number of aromatic nitrogens is 3. The molecular formula is C14H14N6O. The van der Waals surface area contributed by atoms with E-state index in [-0.39, 0.29) is 6.03 Å². The van der Waals surface area contributed by atoms with Crippen molar-refractivity contribution in [2.24, 2.45) is 0 Å². The van der Waals surface area contributed by atoms with Gasteiger partial charge in [0.2, 0.25) is 0 Å².